The molecule has 0 saturated carbocycles. The van der Waals surface area contributed by atoms with Crippen molar-refractivity contribution in [3.05, 3.63) is 57.3 Å². The summed E-state index contributed by atoms with van der Waals surface area (Å²) in [6.07, 6.45) is 0. The van der Waals surface area contributed by atoms with Gasteiger partial charge in [-0.25, -0.2) is 0 Å². The molecule has 0 aliphatic heterocycles. The van der Waals surface area contributed by atoms with E-state index in [4.69, 9.17) is 0 Å². The predicted octanol–water partition coefficient (Wildman–Crippen LogP) is 4.18. The minimum atomic E-state index is 0.906. The second-order valence-electron chi connectivity index (χ2n) is 4.87. The number of nitrogens with zero attached hydrogens (tertiary/aromatic N) is 1. The molecule has 0 atom stereocenters. The Kier molecular flexibility index (Phi) is 4.83. The second-order valence-corrected chi connectivity index (χ2v) is 5.79. The topological polar surface area (TPSA) is 17.0 Å². The van der Waals surface area contributed by atoms with Crippen LogP contribution in [0.1, 0.15) is 29.4 Å². The van der Waals surface area contributed by atoms with Crippen molar-refractivity contribution in [3.63, 3.8) is 0 Å². The van der Waals surface area contributed by atoms with Crippen LogP contribution in [-0.2, 0) is 19.6 Å². The summed E-state index contributed by atoms with van der Waals surface area (Å²) < 4.78 is 3.49. The average molecular weight is 321 g/mol. The van der Waals surface area contributed by atoms with Crippen LogP contribution in [-0.4, -0.2) is 4.57 Å². The number of aromatic nitrogens is 1. The Balaban J connectivity index is 1.94. The second kappa shape index (κ2) is 6.40. The van der Waals surface area contributed by atoms with Gasteiger partial charge in [-0.05, 0) is 50.1 Å². The van der Waals surface area contributed by atoms with Gasteiger partial charge in [0.25, 0.3) is 0 Å². The van der Waals surface area contributed by atoms with Gasteiger partial charge in [-0.2, -0.15) is 0 Å². The number of nitrogens with one attached hydrogen (secondary N) is 1. The average Bonchev–Trinajstić information content (AvgIpc) is 2.66. The smallest absolute Gasteiger partial charge is 0.0226 e. The first-order valence-corrected chi connectivity index (χ1v) is 7.52. The van der Waals surface area contributed by atoms with Crippen molar-refractivity contribution in [2.45, 2.75) is 40.4 Å². The highest BCUT2D eigenvalue weighted by Gasteiger charge is 2.06. The van der Waals surface area contributed by atoms with Gasteiger partial charge in [-0.1, -0.05) is 28.1 Å². The maximum absolute atomic E-state index is 3.51. The standard InChI is InChI=1S/C16H21BrN2/c1-4-19-12(2)9-15(13(19)3)11-18-10-14-5-7-16(17)8-6-14/h5-9,18H,4,10-11H2,1-3H3. The normalized spacial score (nSPS) is 10.9. The fourth-order valence-corrected chi connectivity index (χ4v) is 2.75. The van der Waals surface area contributed by atoms with E-state index in [1.165, 1.54) is 22.5 Å². The Bertz CT molecular complexity index is 541. The fraction of sp³-hybridized carbons (Fsp3) is 0.375. The molecule has 1 N–H and O–H groups in total. The number of benzene rings is 1. The molecule has 19 heavy (non-hydrogen) atoms. The van der Waals surface area contributed by atoms with Gasteiger partial charge in [0.05, 0.1) is 0 Å². The van der Waals surface area contributed by atoms with Gasteiger partial charge in [0.1, 0.15) is 0 Å². The van der Waals surface area contributed by atoms with Crippen molar-refractivity contribution in [2.24, 2.45) is 0 Å². The van der Waals surface area contributed by atoms with Crippen molar-refractivity contribution in [2.75, 3.05) is 0 Å². The molecule has 0 aliphatic rings. The third-order valence-electron chi connectivity index (χ3n) is 3.55. The summed E-state index contributed by atoms with van der Waals surface area (Å²) in [5.74, 6) is 0. The molecule has 1 aromatic heterocycles. The first-order chi connectivity index (χ1) is 9.11. The van der Waals surface area contributed by atoms with Gasteiger partial charge in [-0.3, -0.25) is 0 Å². The summed E-state index contributed by atoms with van der Waals surface area (Å²) in [7, 11) is 0. The lowest BCUT2D eigenvalue weighted by atomic mass is 10.2. The van der Waals surface area contributed by atoms with Crippen molar-refractivity contribution in [1.29, 1.82) is 0 Å². The van der Waals surface area contributed by atoms with Crippen LogP contribution >= 0.6 is 15.9 Å². The van der Waals surface area contributed by atoms with Crippen LogP contribution in [0.25, 0.3) is 0 Å². The van der Waals surface area contributed by atoms with Crippen LogP contribution in [0.3, 0.4) is 0 Å². The van der Waals surface area contributed by atoms with Crippen molar-refractivity contribution in [1.82, 2.24) is 9.88 Å². The monoisotopic (exact) mass is 320 g/mol. The quantitative estimate of drug-likeness (QED) is 0.874. The Labute approximate surface area is 124 Å². The molecule has 0 unspecified atom stereocenters. The molecule has 2 nitrogen and oxygen atoms in total. The van der Waals surface area contributed by atoms with E-state index >= 15 is 0 Å². The molecule has 2 rings (SSSR count). The number of halogens is 1. The van der Waals surface area contributed by atoms with Crippen molar-refractivity contribution >= 4 is 15.9 Å². The summed E-state index contributed by atoms with van der Waals surface area (Å²) in [6, 6.07) is 10.7. The summed E-state index contributed by atoms with van der Waals surface area (Å²) >= 11 is 3.46. The lowest BCUT2D eigenvalue weighted by molar-refractivity contribution is 0.675. The van der Waals surface area contributed by atoms with Gasteiger partial charge in [0.2, 0.25) is 0 Å². The summed E-state index contributed by atoms with van der Waals surface area (Å²) in [5, 5.41) is 3.51. The first-order valence-electron chi connectivity index (χ1n) is 6.72. The molecule has 0 saturated heterocycles. The van der Waals surface area contributed by atoms with Crippen LogP contribution in [0.5, 0.6) is 0 Å². The molecule has 2 aromatic rings. The molecule has 0 amide bonds. The van der Waals surface area contributed by atoms with Gasteiger partial charge >= 0.3 is 0 Å². The number of aryl methyl sites for hydroxylation is 1. The molecular formula is C16H21BrN2. The molecule has 1 aromatic carbocycles. The van der Waals surface area contributed by atoms with E-state index < -0.39 is 0 Å². The zero-order valence-corrected chi connectivity index (χ0v) is 13.4. The van der Waals surface area contributed by atoms with Crippen LogP contribution in [0, 0.1) is 13.8 Å². The molecule has 3 heteroatoms. The molecule has 0 bridgehead atoms. The van der Waals surface area contributed by atoms with Gasteiger partial charge in [0, 0.05) is 35.5 Å². The molecule has 102 valence electrons. The SMILES string of the molecule is CCn1c(C)cc(CNCc2ccc(Br)cc2)c1C. The highest BCUT2D eigenvalue weighted by molar-refractivity contribution is 9.10. The van der Waals surface area contributed by atoms with E-state index in [-0.39, 0.29) is 0 Å². The molecule has 0 spiro atoms. The lowest BCUT2D eigenvalue weighted by Crippen LogP contribution is -2.13. The Hall–Kier alpha value is -1.06. The van der Waals surface area contributed by atoms with Crippen molar-refractivity contribution in [3.8, 4) is 0 Å². The van der Waals surface area contributed by atoms with E-state index in [9.17, 15) is 0 Å². The van der Waals surface area contributed by atoms with Gasteiger partial charge < -0.3 is 9.88 Å². The van der Waals surface area contributed by atoms with Crippen LogP contribution in [0.15, 0.2) is 34.8 Å². The van der Waals surface area contributed by atoms with E-state index in [1.807, 2.05) is 0 Å². The summed E-state index contributed by atoms with van der Waals surface area (Å²) in [5.41, 5.74) is 5.44. The zero-order chi connectivity index (χ0) is 13.8. The first kappa shape index (κ1) is 14.4. The third-order valence-corrected chi connectivity index (χ3v) is 4.08. The van der Waals surface area contributed by atoms with E-state index in [2.05, 4.69) is 76.9 Å². The zero-order valence-electron chi connectivity index (χ0n) is 11.8. The lowest BCUT2D eigenvalue weighted by Gasteiger charge is -2.07. The van der Waals surface area contributed by atoms with Gasteiger partial charge in [-0.15, -0.1) is 0 Å². The molecule has 1 heterocycles. The maximum atomic E-state index is 3.51. The maximum Gasteiger partial charge on any atom is 0.0226 e. The largest absolute Gasteiger partial charge is 0.349 e. The Morgan fingerprint density at radius 3 is 2.37 bits per heavy atom. The molecular weight excluding hydrogens is 300 g/mol. The van der Waals surface area contributed by atoms with Crippen LogP contribution < -0.4 is 5.32 Å². The van der Waals surface area contributed by atoms with Crippen LogP contribution in [0.4, 0.5) is 0 Å². The number of rotatable bonds is 5. The minimum absolute atomic E-state index is 0.906. The fourth-order valence-electron chi connectivity index (χ4n) is 2.48. The minimum Gasteiger partial charge on any atom is -0.349 e. The van der Waals surface area contributed by atoms with E-state index in [0.29, 0.717) is 0 Å². The van der Waals surface area contributed by atoms with Gasteiger partial charge in [0.15, 0.2) is 0 Å². The highest BCUT2D eigenvalue weighted by Crippen LogP contribution is 2.15. The summed E-state index contributed by atoms with van der Waals surface area (Å²) in [6.45, 7) is 9.45. The predicted molar refractivity (Wildman–Crippen MR) is 84.3 cm³/mol. The third kappa shape index (κ3) is 3.48. The van der Waals surface area contributed by atoms with E-state index in [1.54, 1.807) is 0 Å². The van der Waals surface area contributed by atoms with Crippen LogP contribution in [0.2, 0.25) is 0 Å². The molecule has 0 radical (unpaired) electrons. The molecule has 0 aliphatic carbocycles. The Morgan fingerprint density at radius 1 is 1.11 bits per heavy atom. The Morgan fingerprint density at radius 2 is 1.79 bits per heavy atom. The molecule has 0 fully saturated rings. The van der Waals surface area contributed by atoms with Crippen molar-refractivity contribution < 1.29 is 0 Å². The summed E-state index contributed by atoms with van der Waals surface area (Å²) in [4.78, 5) is 0. The highest BCUT2D eigenvalue weighted by atomic mass is 79.9. The van der Waals surface area contributed by atoms with E-state index in [0.717, 1.165) is 24.1 Å². The number of hydrogen-bond acceptors (Lipinski definition) is 1. The number of hydrogen-bond donors (Lipinski definition) is 1.